The highest BCUT2D eigenvalue weighted by atomic mass is 35.5. The summed E-state index contributed by atoms with van der Waals surface area (Å²) in [6.45, 7) is 6.01. The standard InChI is InChI=1S/C27H27ClN2O4S/c1-18(2)21-8-12-23(13-9-21)30-26(31)16-25(27(30)32)29(17-20-6-4-19(3)5-7-20)35(33,34)24-14-10-22(28)11-15-24/h4-15,18,25H,16-17H2,1-3H3. The van der Waals surface area contributed by atoms with Crippen LogP contribution in [0.4, 0.5) is 5.69 Å². The first-order chi connectivity index (χ1) is 16.6. The smallest absolute Gasteiger partial charge is 0.252 e. The van der Waals surface area contributed by atoms with Gasteiger partial charge in [-0.25, -0.2) is 13.3 Å². The maximum absolute atomic E-state index is 13.7. The Bertz CT molecular complexity index is 1340. The molecule has 0 N–H and O–H groups in total. The number of benzene rings is 3. The highest BCUT2D eigenvalue weighted by Gasteiger charge is 2.47. The molecule has 0 aliphatic carbocycles. The third-order valence-electron chi connectivity index (χ3n) is 6.17. The molecule has 1 heterocycles. The number of halogens is 1. The predicted molar refractivity (Wildman–Crippen MR) is 137 cm³/mol. The molecule has 35 heavy (non-hydrogen) atoms. The first kappa shape index (κ1) is 25.1. The van der Waals surface area contributed by atoms with Gasteiger partial charge in [-0.3, -0.25) is 9.59 Å². The zero-order chi connectivity index (χ0) is 25.3. The van der Waals surface area contributed by atoms with Gasteiger partial charge in [0.1, 0.15) is 6.04 Å². The summed E-state index contributed by atoms with van der Waals surface area (Å²) in [5, 5.41) is 0.400. The number of hydrogen-bond donors (Lipinski definition) is 0. The monoisotopic (exact) mass is 510 g/mol. The number of aryl methyl sites for hydroxylation is 1. The van der Waals surface area contributed by atoms with Crippen LogP contribution >= 0.6 is 11.6 Å². The SMILES string of the molecule is Cc1ccc(CN(C2CC(=O)N(c3ccc(C(C)C)cc3)C2=O)S(=O)(=O)c2ccc(Cl)cc2)cc1. The van der Waals surface area contributed by atoms with Crippen LogP contribution in [0.5, 0.6) is 0 Å². The lowest BCUT2D eigenvalue weighted by atomic mass is 10.0. The van der Waals surface area contributed by atoms with Crippen LogP contribution < -0.4 is 4.90 Å². The number of imide groups is 1. The van der Waals surface area contributed by atoms with Gasteiger partial charge in [-0.05, 0) is 60.4 Å². The highest BCUT2D eigenvalue weighted by Crippen LogP contribution is 2.31. The van der Waals surface area contributed by atoms with Gasteiger partial charge in [0.25, 0.3) is 5.91 Å². The molecule has 3 aromatic carbocycles. The van der Waals surface area contributed by atoms with Gasteiger partial charge in [-0.1, -0.05) is 67.4 Å². The number of hydrogen-bond acceptors (Lipinski definition) is 4. The lowest BCUT2D eigenvalue weighted by Crippen LogP contribution is -2.45. The quantitative estimate of drug-likeness (QED) is 0.404. The number of carbonyl (C=O) groups excluding carboxylic acids is 2. The number of nitrogens with zero attached hydrogens (tertiary/aromatic N) is 2. The summed E-state index contributed by atoms with van der Waals surface area (Å²) in [7, 11) is -4.11. The molecule has 1 aliphatic rings. The van der Waals surface area contributed by atoms with Gasteiger partial charge in [0, 0.05) is 11.6 Å². The molecule has 3 aromatic rings. The highest BCUT2D eigenvalue weighted by molar-refractivity contribution is 7.89. The molecule has 6 nitrogen and oxygen atoms in total. The van der Waals surface area contributed by atoms with Gasteiger partial charge in [0.2, 0.25) is 15.9 Å². The fourth-order valence-corrected chi connectivity index (χ4v) is 5.79. The number of sulfonamides is 1. The Balaban J connectivity index is 1.72. The maximum Gasteiger partial charge on any atom is 0.252 e. The average molecular weight is 511 g/mol. The molecule has 8 heteroatoms. The number of amides is 2. The van der Waals surface area contributed by atoms with Gasteiger partial charge >= 0.3 is 0 Å². The minimum Gasteiger partial charge on any atom is -0.274 e. The van der Waals surface area contributed by atoms with E-state index in [0.717, 1.165) is 20.3 Å². The topological polar surface area (TPSA) is 74.8 Å². The Morgan fingerprint density at radius 2 is 1.54 bits per heavy atom. The van der Waals surface area contributed by atoms with E-state index in [2.05, 4.69) is 13.8 Å². The summed E-state index contributed by atoms with van der Waals surface area (Å²) < 4.78 is 28.6. The third-order valence-corrected chi connectivity index (χ3v) is 8.29. The second kappa shape index (κ2) is 9.93. The Kier molecular flexibility index (Phi) is 7.12. The van der Waals surface area contributed by atoms with Gasteiger partial charge in [0.05, 0.1) is 17.0 Å². The van der Waals surface area contributed by atoms with Crippen molar-refractivity contribution in [1.82, 2.24) is 4.31 Å². The zero-order valence-corrected chi connectivity index (χ0v) is 21.4. The normalized spacial score (nSPS) is 16.5. The number of rotatable bonds is 7. The van der Waals surface area contributed by atoms with Crippen molar-refractivity contribution in [2.45, 2.75) is 50.6 Å². The minimum atomic E-state index is -4.11. The van der Waals surface area contributed by atoms with Gasteiger partial charge in [-0.2, -0.15) is 4.31 Å². The Morgan fingerprint density at radius 3 is 2.11 bits per heavy atom. The van der Waals surface area contributed by atoms with Crippen LogP contribution in [-0.4, -0.2) is 30.6 Å². The summed E-state index contributed by atoms with van der Waals surface area (Å²) in [6.07, 6.45) is -0.233. The molecule has 4 rings (SSSR count). The molecule has 0 aromatic heterocycles. The molecule has 1 atom stereocenters. The Morgan fingerprint density at radius 1 is 0.943 bits per heavy atom. The van der Waals surface area contributed by atoms with E-state index < -0.39 is 27.9 Å². The van der Waals surface area contributed by atoms with Crippen molar-refractivity contribution in [3.63, 3.8) is 0 Å². The minimum absolute atomic E-state index is 0.00833. The van der Waals surface area contributed by atoms with E-state index in [0.29, 0.717) is 22.2 Å². The molecule has 0 spiro atoms. The maximum atomic E-state index is 13.7. The second-order valence-electron chi connectivity index (χ2n) is 9.02. The van der Waals surface area contributed by atoms with E-state index >= 15 is 0 Å². The van der Waals surface area contributed by atoms with Crippen LogP contribution in [0.2, 0.25) is 5.02 Å². The van der Waals surface area contributed by atoms with Crippen LogP contribution in [-0.2, 0) is 26.2 Å². The van der Waals surface area contributed by atoms with Gasteiger partial charge in [-0.15, -0.1) is 0 Å². The largest absolute Gasteiger partial charge is 0.274 e. The van der Waals surface area contributed by atoms with Crippen LogP contribution in [0, 0.1) is 6.92 Å². The van der Waals surface area contributed by atoms with Crippen molar-refractivity contribution in [2.24, 2.45) is 0 Å². The van der Waals surface area contributed by atoms with Crippen molar-refractivity contribution in [3.8, 4) is 0 Å². The van der Waals surface area contributed by atoms with E-state index in [-0.39, 0.29) is 17.9 Å². The summed E-state index contributed by atoms with van der Waals surface area (Å²) in [5.41, 5.74) is 3.26. The van der Waals surface area contributed by atoms with E-state index in [1.807, 2.05) is 43.3 Å². The lowest BCUT2D eigenvalue weighted by Gasteiger charge is -2.27. The van der Waals surface area contributed by atoms with Crippen molar-refractivity contribution < 1.29 is 18.0 Å². The van der Waals surface area contributed by atoms with Crippen LogP contribution in [0.1, 0.15) is 42.9 Å². The number of carbonyl (C=O) groups is 2. The van der Waals surface area contributed by atoms with Gasteiger partial charge < -0.3 is 0 Å². The van der Waals surface area contributed by atoms with Crippen molar-refractivity contribution in [1.29, 1.82) is 0 Å². The molecule has 0 radical (unpaired) electrons. The molecular formula is C27H27ClN2O4S. The molecule has 1 unspecified atom stereocenters. The summed E-state index contributed by atoms with van der Waals surface area (Å²) in [6, 6.07) is 19.3. The molecule has 1 aliphatic heterocycles. The second-order valence-corrected chi connectivity index (χ2v) is 11.4. The van der Waals surface area contributed by atoms with E-state index in [1.165, 1.54) is 24.3 Å². The fourth-order valence-electron chi connectivity index (χ4n) is 4.10. The molecule has 2 amide bonds. The van der Waals surface area contributed by atoms with Crippen LogP contribution in [0.3, 0.4) is 0 Å². The van der Waals surface area contributed by atoms with Crippen LogP contribution in [0.25, 0.3) is 0 Å². The third kappa shape index (κ3) is 5.17. The first-order valence-corrected chi connectivity index (χ1v) is 13.2. The Labute approximate surface area is 211 Å². The fraction of sp³-hybridized carbons (Fsp3) is 0.259. The summed E-state index contributed by atoms with van der Waals surface area (Å²) in [5.74, 6) is -0.689. The average Bonchev–Trinajstić information content (AvgIpc) is 3.12. The molecule has 0 saturated carbocycles. The molecule has 1 saturated heterocycles. The summed E-state index contributed by atoms with van der Waals surface area (Å²) >= 11 is 5.96. The molecule has 1 fully saturated rings. The predicted octanol–water partition coefficient (Wildman–Crippen LogP) is 5.29. The molecule has 0 bridgehead atoms. The first-order valence-electron chi connectivity index (χ1n) is 11.4. The van der Waals surface area contributed by atoms with Crippen molar-refractivity contribution in [2.75, 3.05) is 4.90 Å². The van der Waals surface area contributed by atoms with Crippen molar-refractivity contribution in [3.05, 3.63) is 94.5 Å². The van der Waals surface area contributed by atoms with Gasteiger partial charge in [0.15, 0.2) is 0 Å². The van der Waals surface area contributed by atoms with E-state index in [1.54, 1.807) is 12.1 Å². The van der Waals surface area contributed by atoms with Crippen molar-refractivity contribution >= 4 is 39.1 Å². The zero-order valence-electron chi connectivity index (χ0n) is 19.8. The van der Waals surface area contributed by atoms with E-state index in [4.69, 9.17) is 11.6 Å². The number of anilines is 1. The van der Waals surface area contributed by atoms with E-state index in [9.17, 15) is 18.0 Å². The molecular weight excluding hydrogens is 484 g/mol. The van der Waals surface area contributed by atoms with Crippen LogP contribution in [0.15, 0.2) is 77.7 Å². The Hall–Kier alpha value is -3.00. The molecule has 182 valence electrons. The summed E-state index contributed by atoms with van der Waals surface area (Å²) in [4.78, 5) is 27.6. The lowest BCUT2D eigenvalue weighted by molar-refractivity contribution is -0.122.